The Hall–Kier alpha value is -2.18. The van der Waals surface area contributed by atoms with Gasteiger partial charge in [0.2, 0.25) is 0 Å². The first kappa shape index (κ1) is 29.3. The highest BCUT2D eigenvalue weighted by molar-refractivity contribution is 5.39. The summed E-state index contributed by atoms with van der Waals surface area (Å²) in [7, 11) is 0. The van der Waals surface area contributed by atoms with Crippen LogP contribution in [-0.4, -0.2) is 6.36 Å². The molecule has 3 aliphatic rings. The van der Waals surface area contributed by atoms with Crippen molar-refractivity contribution in [1.29, 1.82) is 0 Å². The zero-order chi connectivity index (χ0) is 28.4. The molecule has 0 aromatic heterocycles. The average molecular weight is 567 g/mol. The van der Waals surface area contributed by atoms with Crippen molar-refractivity contribution in [1.82, 2.24) is 0 Å². The molecular formula is C33H40F6O. The second kappa shape index (κ2) is 12.4. The Kier molecular flexibility index (Phi) is 9.06. The molecular weight excluding hydrogens is 526 g/mol. The topological polar surface area (TPSA) is 9.23 Å². The van der Waals surface area contributed by atoms with E-state index in [1.54, 1.807) is 6.07 Å². The summed E-state index contributed by atoms with van der Waals surface area (Å²) in [5, 5.41) is 0. The predicted octanol–water partition coefficient (Wildman–Crippen LogP) is 10.5. The van der Waals surface area contributed by atoms with Gasteiger partial charge in [-0.15, -0.1) is 13.2 Å². The highest BCUT2D eigenvalue weighted by atomic mass is 19.4. The molecule has 220 valence electrons. The Labute approximate surface area is 233 Å². The summed E-state index contributed by atoms with van der Waals surface area (Å²) >= 11 is 0. The van der Waals surface area contributed by atoms with Gasteiger partial charge in [-0.3, -0.25) is 0 Å². The summed E-state index contributed by atoms with van der Waals surface area (Å²) in [6.45, 7) is 2.28. The number of halogens is 6. The molecule has 7 heteroatoms. The second-order valence-corrected chi connectivity index (χ2v) is 12.5. The minimum absolute atomic E-state index is 0.0767. The third-order valence-electron chi connectivity index (χ3n) is 10.1. The Bertz CT molecular complexity index is 1160. The van der Waals surface area contributed by atoms with E-state index < -0.39 is 23.7 Å². The van der Waals surface area contributed by atoms with Crippen LogP contribution in [0.5, 0.6) is 5.75 Å². The molecule has 1 unspecified atom stereocenters. The van der Waals surface area contributed by atoms with E-state index in [0.29, 0.717) is 49.1 Å². The van der Waals surface area contributed by atoms with Crippen molar-refractivity contribution in [3.8, 4) is 5.75 Å². The summed E-state index contributed by atoms with van der Waals surface area (Å²) in [4.78, 5) is 0. The summed E-state index contributed by atoms with van der Waals surface area (Å²) in [5.74, 6) is -0.905. The van der Waals surface area contributed by atoms with Crippen LogP contribution >= 0.6 is 0 Å². The molecule has 0 amide bonds. The van der Waals surface area contributed by atoms with Gasteiger partial charge < -0.3 is 4.74 Å². The predicted molar refractivity (Wildman–Crippen MR) is 144 cm³/mol. The summed E-state index contributed by atoms with van der Waals surface area (Å²) in [5.41, 5.74) is 2.28. The average Bonchev–Trinajstić information content (AvgIpc) is 2.93. The fraction of sp³-hybridized carbons (Fsp3) is 0.636. The Morgan fingerprint density at radius 1 is 0.750 bits per heavy atom. The Balaban J connectivity index is 1.18. The maximum Gasteiger partial charge on any atom is 0.573 e. The van der Waals surface area contributed by atoms with Crippen molar-refractivity contribution in [2.24, 2.45) is 17.8 Å². The summed E-state index contributed by atoms with van der Waals surface area (Å²) < 4.78 is 86.4. The lowest BCUT2D eigenvalue weighted by atomic mass is 9.73. The third-order valence-corrected chi connectivity index (χ3v) is 10.1. The van der Waals surface area contributed by atoms with Crippen molar-refractivity contribution in [2.75, 3.05) is 0 Å². The number of rotatable bonds is 7. The standard InChI is InChI=1S/C33H40F6O/c1-2-20-3-5-21(6-4-20)7-8-22-9-15-27-26(17-22)19-29(35)31(32(27)36)24-12-10-23(11-13-24)25-14-16-30(28(34)18-25)40-33(37,38)39/h14,16,18-24H,2-13,15,17H2,1H3. The van der Waals surface area contributed by atoms with Crippen molar-refractivity contribution in [3.05, 3.63) is 64.0 Å². The van der Waals surface area contributed by atoms with Gasteiger partial charge in [0.1, 0.15) is 11.6 Å². The first-order valence-electron chi connectivity index (χ1n) is 15.2. The van der Waals surface area contributed by atoms with E-state index in [9.17, 15) is 17.6 Å². The number of alkyl halides is 3. The lowest BCUT2D eigenvalue weighted by Gasteiger charge is -2.32. The van der Waals surface area contributed by atoms with Crippen LogP contribution in [0.3, 0.4) is 0 Å². The van der Waals surface area contributed by atoms with Crippen LogP contribution in [0.2, 0.25) is 0 Å². The van der Waals surface area contributed by atoms with Gasteiger partial charge in [0, 0.05) is 5.56 Å². The van der Waals surface area contributed by atoms with Gasteiger partial charge in [-0.2, -0.15) is 0 Å². The van der Waals surface area contributed by atoms with E-state index >= 15 is 8.78 Å². The molecule has 0 heterocycles. The molecule has 5 rings (SSSR count). The lowest BCUT2D eigenvalue weighted by Crippen LogP contribution is -2.21. The fourth-order valence-corrected chi connectivity index (χ4v) is 7.65. The van der Waals surface area contributed by atoms with E-state index in [4.69, 9.17) is 0 Å². The highest BCUT2D eigenvalue weighted by Crippen LogP contribution is 2.45. The van der Waals surface area contributed by atoms with Gasteiger partial charge in [0.25, 0.3) is 0 Å². The molecule has 2 aromatic rings. The number of fused-ring (bicyclic) bond motifs is 1. The van der Waals surface area contributed by atoms with Crippen LogP contribution < -0.4 is 4.74 Å². The fourth-order valence-electron chi connectivity index (χ4n) is 7.65. The Morgan fingerprint density at radius 2 is 1.40 bits per heavy atom. The zero-order valence-corrected chi connectivity index (χ0v) is 23.3. The van der Waals surface area contributed by atoms with Crippen LogP contribution in [-0.2, 0) is 12.8 Å². The van der Waals surface area contributed by atoms with E-state index in [1.165, 1.54) is 44.6 Å². The zero-order valence-electron chi connectivity index (χ0n) is 23.3. The molecule has 0 N–H and O–H groups in total. The smallest absolute Gasteiger partial charge is 0.403 e. The van der Waals surface area contributed by atoms with Crippen molar-refractivity contribution in [3.63, 3.8) is 0 Å². The lowest BCUT2D eigenvalue weighted by molar-refractivity contribution is -0.275. The van der Waals surface area contributed by atoms with Gasteiger partial charge in [0.05, 0.1) is 0 Å². The normalized spacial score (nSPS) is 27.3. The number of benzene rings is 2. The molecule has 0 spiro atoms. The molecule has 40 heavy (non-hydrogen) atoms. The van der Waals surface area contributed by atoms with Crippen molar-refractivity contribution < 1.29 is 31.1 Å². The highest BCUT2D eigenvalue weighted by Gasteiger charge is 2.34. The van der Waals surface area contributed by atoms with Gasteiger partial charge in [0.15, 0.2) is 11.6 Å². The monoisotopic (exact) mass is 566 g/mol. The second-order valence-electron chi connectivity index (χ2n) is 12.5. The minimum Gasteiger partial charge on any atom is -0.403 e. The molecule has 2 fully saturated rings. The van der Waals surface area contributed by atoms with Gasteiger partial charge in [-0.1, -0.05) is 51.5 Å². The van der Waals surface area contributed by atoms with Crippen molar-refractivity contribution >= 4 is 0 Å². The van der Waals surface area contributed by atoms with Gasteiger partial charge in [-0.05, 0) is 116 Å². The van der Waals surface area contributed by atoms with Gasteiger partial charge >= 0.3 is 6.36 Å². The molecule has 0 radical (unpaired) electrons. The molecule has 2 aromatic carbocycles. The van der Waals surface area contributed by atoms with Crippen LogP contribution in [0.1, 0.15) is 118 Å². The minimum atomic E-state index is -4.96. The number of hydrogen-bond acceptors (Lipinski definition) is 1. The number of hydrogen-bond donors (Lipinski definition) is 0. The molecule has 0 bridgehead atoms. The SMILES string of the molecule is CCC1CCC(CCC2CCc3c(cc(F)c(C4CCC(c5ccc(OC(F)(F)F)c(F)c5)CC4)c3F)C2)CC1. The quantitative estimate of drug-likeness (QED) is 0.303. The van der Waals surface area contributed by atoms with Crippen LogP contribution in [0.15, 0.2) is 24.3 Å². The molecule has 3 aliphatic carbocycles. The first-order valence-corrected chi connectivity index (χ1v) is 15.2. The molecule has 0 aliphatic heterocycles. The number of ether oxygens (including phenoxy) is 1. The first-order chi connectivity index (χ1) is 19.1. The molecule has 2 saturated carbocycles. The van der Waals surface area contributed by atoms with Gasteiger partial charge in [-0.25, -0.2) is 13.2 Å². The molecule has 1 nitrogen and oxygen atoms in total. The summed E-state index contributed by atoms with van der Waals surface area (Å²) in [6, 6.07) is 5.10. The van der Waals surface area contributed by atoms with E-state index in [0.717, 1.165) is 48.8 Å². The largest absolute Gasteiger partial charge is 0.573 e. The van der Waals surface area contributed by atoms with E-state index in [-0.39, 0.29) is 23.2 Å². The maximum absolute atomic E-state index is 15.7. The molecule has 0 saturated heterocycles. The Morgan fingerprint density at radius 3 is 2.05 bits per heavy atom. The van der Waals surface area contributed by atoms with E-state index in [1.807, 2.05) is 0 Å². The van der Waals surface area contributed by atoms with Crippen LogP contribution in [0.4, 0.5) is 26.3 Å². The third kappa shape index (κ3) is 6.82. The van der Waals surface area contributed by atoms with E-state index in [2.05, 4.69) is 11.7 Å². The maximum atomic E-state index is 15.7. The summed E-state index contributed by atoms with van der Waals surface area (Å²) in [6.07, 6.45) is 8.63. The van der Waals surface area contributed by atoms with Crippen molar-refractivity contribution in [2.45, 2.75) is 115 Å². The van der Waals surface area contributed by atoms with Crippen LogP contribution in [0, 0.1) is 35.2 Å². The van der Waals surface area contributed by atoms with Crippen LogP contribution in [0.25, 0.3) is 0 Å². The molecule has 1 atom stereocenters.